The maximum absolute atomic E-state index is 11.9. The molecule has 9 nitrogen and oxygen atoms in total. The number of aliphatic carboxylic acids is 1. The lowest BCUT2D eigenvalue weighted by molar-refractivity contribution is -0.163. The minimum absolute atomic E-state index is 0.106. The summed E-state index contributed by atoms with van der Waals surface area (Å²) >= 11 is 0.839. The fraction of sp³-hybridized carbons (Fsp3) is 0.615. The lowest BCUT2D eigenvalue weighted by atomic mass is 9.98. The summed E-state index contributed by atoms with van der Waals surface area (Å²) < 4.78 is 9.08. The molecule has 2 rings (SSSR count). The first-order valence-electron chi connectivity index (χ1n) is 7.24. The fourth-order valence-electron chi connectivity index (χ4n) is 2.12. The molecule has 1 heterocycles. The molecule has 1 saturated carbocycles. The molecule has 0 aromatic carbocycles. The van der Waals surface area contributed by atoms with Crippen molar-refractivity contribution in [3.05, 3.63) is 5.82 Å². The van der Waals surface area contributed by atoms with Crippen molar-refractivity contribution in [2.24, 2.45) is 5.16 Å². The zero-order valence-electron chi connectivity index (χ0n) is 12.6. The van der Waals surface area contributed by atoms with Crippen molar-refractivity contribution in [3.8, 4) is 0 Å². The van der Waals surface area contributed by atoms with Crippen LogP contribution < -0.4 is 5.73 Å². The predicted molar refractivity (Wildman–Crippen MR) is 82.0 cm³/mol. The van der Waals surface area contributed by atoms with Crippen molar-refractivity contribution < 1.29 is 24.3 Å². The number of hydrogen-bond donors (Lipinski definition) is 2. The summed E-state index contributed by atoms with van der Waals surface area (Å²) in [4.78, 5) is 31.8. The number of rotatable bonds is 6. The lowest BCUT2D eigenvalue weighted by Gasteiger charge is -2.22. The number of carbonyl (C=O) groups excluding carboxylic acids is 1. The largest absolute Gasteiger partial charge is 0.476 e. The zero-order chi connectivity index (χ0) is 16.8. The fourth-order valence-corrected chi connectivity index (χ4v) is 2.56. The molecule has 1 atom stereocenters. The van der Waals surface area contributed by atoms with Gasteiger partial charge >= 0.3 is 11.9 Å². The van der Waals surface area contributed by atoms with Crippen molar-refractivity contribution in [1.29, 1.82) is 0 Å². The van der Waals surface area contributed by atoms with Crippen LogP contribution in [-0.4, -0.2) is 44.3 Å². The Labute approximate surface area is 136 Å². The summed E-state index contributed by atoms with van der Waals surface area (Å²) in [6.07, 6.45) is 3.76. The first-order chi connectivity index (χ1) is 11.0. The van der Waals surface area contributed by atoms with Crippen LogP contribution in [0.4, 0.5) is 5.13 Å². The molecule has 1 fully saturated rings. The summed E-state index contributed by atoms with van der Waals surface area (Å²) in [6, 6.07) is 0. The highest BCUT2D eigenvalue weighted by molar-refractivity contribution is 7.09. The Bertz CT molecular complexity index is 597. The highest BCUT2D eigenvalue weighted by atomic mass is 32.1. The maximum atomic E-state index is 11.9. The van der Waals surface area contributed by atoms with E-state index in [0.717, 1.165) is 43.6 Å². The highest BCUT2D eigenvalue weighted by Crippen LogP contribution is 2.21. The van der Waals surface area contributed by atoms with Crippen LogP contribution in [0.2, 0.25) is 0 Å². The lowest BCUT2D eigenvalue weighted by Crippen LogP contribution is -2.29. The van der Waals surface area contributed by atoms with Crippen LogP contribution in [0.1, 0.15) is 44.9 Å². The zero-order valence-corrected chi connectivity index (χ0v) is 13.4. The van der Waals surface area contributed by atoms with Gasteiger partial charge in [0.05, 0.1) is 0 Å². The molecule has 1 unspecified atom stereocenters. The molecule has 1 aromatic rings. The average molecular weight is 342 g/mol. The summed E-state index contributed by atoms with van der Waals surface area (Å²) in [7, 11) is 0. The molecule has 0 amide bonds. The minimum Gasteiger partial charge on any atom is -0.476 e. The number of carboxylic acid groups (broad SMARTS) is 1. The Hall–Kier alpha value is -2.23. The van der Waals surface area contributed by atoms with Crippen molar-refractivity contribution >= 4 is 34.3 Å². The van der Waals surface area contributed by atoms with Crippen molar-refractivity contribution in [2.75, 3.05) is 5.73 Å². The molecular formula is C13H18N4O5S. The van der Waals surface area contributed by atoms with E-state index in [-0.39, 0.29) is 17.1 Å². The molecule has 3 N–H and O–H groups in total. The number of nitrogens with zero attached hydrogens (tertiary/aromatic N) is 3. The van der Waals surface area contributed by atoms with Crippen LogP contribution in [-0.2, 0) is 19.2 Å². The van der Waals surface area contributed by atoms with Gasteiger partial charge in [0.1, 0.15) is 6.10 Å². The van der Waals surface area contributed by atoms with Gasteiger partial charge in [-0.1, -0.05) is 11.6 Å². The molecule has 126 valence electrons. The molecule has 0 radical (unpaired) electrons. The molecule has 1 aromatic heterocycles. The number of ether oxygens (including phenoxy) is 1. The molecule has 0 spiro atoms. The topological polar surface area (TPSA) is 137 Å². The number of nitrogen functional groups attached to an aromatic ring is 1. The van der Waals surface area contributed by atoms with Crippen LogP contribution >= 0.6 is 11.5 Å². The van der Waals surface area contributed by atoms with Crippen LogP contribution in [0.3, 0.4) is 0 Å². The Kier molecular flexibility index (Phi) is 5.85. The van der Waals surface area contributed by atoms with Gasteiger partial charge in [-0.25, -0.2) is 9.59 Å². The number of anilines is 1. The Morgan fingerprint density at radius 2 is 2.09 bits per heavy atom. The van der Waals surface area contributed by atoms with E-state index in [0.29, 0.717) is 0 Å². The Balaban J connectivity index is 1.95. The van der Waals surface area contributed by atoms with Gasteiger partial charge in [-0.2, -0.15) is 9.36 Å². The van der Waals surface area contributed by atoms with Crippen molar-refractivity contribution in [1.82, 2.24) is 9.36 Å². The summed E-state index contributed by atoms with van der Waals surface area (Å²) in [5.41, 5.74) is 4.89. The van der Waals surface area contributed by atoms with Crippen molar-refractivity contribution in [2.45, 2.75) is 51.2 Å². The maximum Gasteiger partial charge on any atom is 0.362 e. The van der Waals surface area contributed by atoms with Gasteiger partial charge in [-0.15, -0.1) is 0 Å². The van der Waals surface area contributed by atoms with Gasteiger partial charge in [-0.05, 0) is 32.6 Å². The second-order valence-corrected chi connectivity index (χ2v) is 5.93. The summed E-state index contributed by atoms with van der Waals surface area (Å²) in [6.45, 7) is 1.44. The number of carboxylic acids is 1. The van der Waals surface area contributed by atoms with Crippen LogP contribution in [0.5, 0.6) is 0 Å². The van der Waals surface area contributed by atoms with E-state index in [1.165, 1.54) is 6.92 Å². The molecule has 23 heavy (non-hydrogen) atoms. The third kappa shape index (κ3) is 4.88. The average Bonchev–Trinajstić information content (AvgIpc) is 2.94. The van der Waals surface area contributed by atoms with Crippen molar-refractivity contribution in [3.63, 3.8) is 0 Å². The van der Waals surface area contributed by atoms with Gasteiger partial charge < -0.3 is 20.4 Å². The molecular weight excluding hydrogens is 324 g/mol. The Morgan fingerprint density at radius 3 is 2.65 bits per heavy atom. The van der Waals surface area contributed by atoms with Crippen LogP contribution in [0, 0.1) is 0 Å². The number of carbonyl (C=O) groups is 2. The molecule has 1 aliphatic carbocycles. The predicted octanol–water partition coefficient (Wildman–Crippen LogP) is 1.19. The standard InChI is InChI=1S/C13H18N4O5S/c1-7(12(20)21-8-5-3-2-4-6-8)22-16-9(11(18)19)10-15-13(14)23-17-10/h7-8H,2-6H2,1H3,(H,18,19)(H2,14,15,17). The van der Waals surface area contributed by atoms with Gasteiger partial charge in [0.25, 0.3) is 0 Å². The minimum atomic E-state index is -1.38. The third-order valence-corrected chi connectivity index (χ3v) is 3.87. The molecule has 1 aliphatic rings. The summed E-state index contributed by atoms with van der Waals surface area (Å²) in [5, 5.41) is 12.7. The monoisotopic (exact) mass is 342 g/mol. The van der Waals surface area contributed by atoms with Gasteiger partial charge in [0.15, 0.2) is 5.13 Å². The number of aromatic nitrogens is 2. The molecule has 10 heteroatoms. The quantitative estimate of drug-likeness (QED) is 0.447. The van der Waals surface area contributed by atoms with E-state index in [1.807, 2.05) is 0 Å². The number of nitrogens with two attached hydrogens (primary N) is 1. The first kappa shape index (κ1) is 17.1. The van der Waals surface area contributed by atoms with Gasteiger partial charge in [0.2, 0.25) is 17.6 Å². The van der Waals surface area contributed by atoms with E-state index in [4.69, 9.17) is 20.4 Å². The van der Waals surface area contributed by atoms with Crippen LogP contribution in [0.15, 0.2) is 5.16 Å². The van der Waals surface area contributed by atoms with E-state index in [2.05, 4.69) is 14.5 Å². The van der Waals surface area contributed by atoms with Gasteiger partial charge in [0, 0.05) is 11.5 Å². The van der Waals surface area contributed by atoms with E-state index in [9.17, 15) is 9.59 Å². The third-order valence-electron chi connectivity index (χ3n) is 3.33. The van der Waals surface area contributed by atoms with Gasteiger partial charge in [-0.3, -0.25) is 0 Å². The molecule has 0 bridgehead atoms. The second kappa shape index (κ2) is 7.86. The highest BCUT2D eigenvalue weighted by Gasteiger charge is 2.24. The molecule has 0 aliphatic heterocycles. The van der Waals surface area contributed by atoms with E-state index < -0.39 is 23.8 Å². The number of oxime groups is 1. The first-order valence-corrected chi connectivity index (χ1v) is 8.02. The molecule has 0 saturated heterocycles. The van der Waals surface area contributed by atoms with E-state index in [1.54, 1.807) is 0 Å². The van der Waals surface area contributed by atoms with Crippen LogP contribution in [0.25, 0.3) is 0 Å². The number of esters is 1. The SMILES string of the molecule is CC(ON=C(C(=O)O)c1nsc(N)n1)C(=O)OC1CCCCC1. The summed E-state index contributed by atoms with van der Waals surface area (Å²) in [5.74, 6) is -2.11. The van der Waals surface area contributed by atoms with E-state index >= 15 is 0 Å². The Morgan fingerprint density at radius 1 is 1.39 bits per heavy atom. The second-order valence-electron chi connectivity index (χ2n) is 5.15. The normalized spacial score (nSPS) is 17.5. The number of hydrogen-bond acceptors (Lipinski definition) is 9. The smallest absolute Gasteiger partial charge is 0.362 e.